The second-order valence-electron chi connectivity index (χ2n) is 7.66. The van der Waals surface area contributed by atoms with Crippen LogP contribution < -0.4 is 10.1 Å². The number of imidazole rings is 1. The molecule has 0 fully saturated rings. The fourth-order valence-electron chi connectivity index (χ4n) is 3.46. The summed E-state index contributed by atoms with van der Waals surface area (Å²) in [5.41, 5.74) is 5.34. The van der Waals surface area contributed by atoms with Crippen LogP contribution >= 0.6 is 0 Å². The van der Waals surface area contributed by atoms with E-state index in [0.717, 1.165) is 46.7 Å². The van der Waals surface area contributed by atoms with Gasteiger partial charge in [-0.25, -0.2) is 4.98 Å². The summed E-state index contributed by atoms with van der Waals surface area (Å²) in [5.74, 6) is 0.647. The van der Waals surface area contributed by atoms with Gasteiger partial charge in [-0.3, -0.25) is 4.79 Å². The predicted octanol–water partition coefficient (Wildman–Crippen LogP) is 6.13. The Hall–Kier alpha value is -3.60. The number of rotatable bonds is 8. The molecule has 158 valence electrons. The molecule has 0 unspecified atom stereocenters. The van der Waals surface area contributed by atoms with Crippen molar-refractivity contribution >= 4 is 17.2 Å². The Balaban J connectivity index is 1.39. The average molecular weight is 414 g/mol. The molecule has 4 aromatic rings. The zero-order valence-electron chi connectivity index (χ0n) is 18.0. The predicted molar refractivity (Wildman–Crippen MR) is 125 cm³/mol. The van der Waals surface area contributed by atoms with Crippen LogP contribution in [0.3, 0.4) is 0 Å². The van der Waals surface area contributed by atoms with E-state index in [1.54, 1.807) is 12.1 Å². The molecule has 5 heteroatoms. The fraction of sp³-hybridized carbons (Fsp3) is 0.231. The highest BCUT2D eigenvalue weighted by atomic mass is 16.5. The minimum absolute atomic E-state index is 0.145. The number of aromatic nitrogens is 2. The number of hydrogen-bond acceptors (Lipinski definition) is 3. The molecule has 5 nitrogen and oxygen atoms in total. The van der Waals surface area contributed by atoms with Crippen LogP contribution in [0, 0.1) is 6.92 Å². The molecule has 0 atom stereocenters. The van der Waals surface area contributed by atoms with E-state index < -0.39 is 0 Å². The molecule has 0 aliphatic carbocycles. The van der Waals surface area contributed by atoms with Gasteiger partial charge in [-0.1, -0.05) is 38.0 Å². The Labute approximate surface area is 182 Å². The number of unbranched alkanes of at least 4 members (excludes halogenated alkanes) is 2. The van der Waals surface area contributed by atoms with Crippen molar-refractivity contribution in [2.24, 2.45) is 0 Å². The highest BCUT2D eigenvalue weighted by Gasteiger charge is 2.09. The summed E-state index contributed by atoms with van der Waals surface area (Å²) in [6.45, 7) is 4.93. The minimum atomic E-state index is -0.145. The Kier molecular flexibility index (Phi) is 6.32. The third-order valence-corrected chi connectivity index (χ3v) is 5.25. The molecule has 0 saturated carbocycles. The topological polar surface area (TPSA) is 55.6 Å². The molecular formula is C26H27N3O2. The van der Waals surface area contributed by atoms with E-state index in [-0.39, 0.29) is 5.91 Å². The zero-order valence-corrected chi connectivity index (χ0v) is 18.0. The third kappa shape index (κ3) is 4.94. The number of amides is 1. The van der Waals surface area contributed by atoms with Gasteiger partial charge in [-0.05, 0) is 61.4 Å². The Morgan fingerprint density at radius 1 is 1.03 bits per heavy atom. The number of nitrogens with one attached hydrogen (secondary N) is 1. The molecule has 0 aliphatic rings. The van der Waals surface area contributed by atoms with Gasteiger partial charge in [0, 0.05) is 29.2 Å². The lowest BCUT2D eigenvalue weighted by Gasteiger charge is -2.08. The number of benzene rings is 2. The summed E-state index contributed by atoms with van der Waals surface area (Å²) in [5, 5.41) is 2.95. The average Bonchev–Trinajstić information content (AvgIpc) is 3.23. The van der Waals surface area contributed by atoms with Gasteiger partial charge < -0.3 is 14.5 Å². The van der Waals surface area contributed by atoms with E-state index >= 15 is 0 Å². The Morgan fingerprint density at radius 2 is 1.81 bits per heavy atom. The molecular weight excluding hydrogens is 386 g/mol. The van der Waals surface area contributed by atoms with Crippen molar-refractivity contribution in [2.45, 2.75) is 33.1 Å². The van der Waals surface area contributed by atoms with Gasteiger partial charge in [0.25, 0.3) is 5.91 Å². The summed E-state index contributed by atoms with van der Waals surface area (Å²) >= 11 is 0. The van der Waals surface area contributed by atoms with Crippen LogP contribution in [0.4, 0.5) is 5.69 Å². The van der Waals surface area contributed by atoms with Crippen molar-refractivity contribution in [3.05, 3.63) is 84.2 Å². The first-order valence-electron chi connectivity index (χ1n) is 10.7. The van der Waals surface area contributed by atoms with Gasteiger partial charge >= 0.3 is 0 Å². The van der Waals surface area contributed by atoms with Crippen LogP contribution in [0.15, 0.2) is 73.1 Å². The highest BCUT2D eigenvalue weighted by molar-refractivity contribution is 6.04. The van der Waals surface area contributed by atoms with Crippen LogP contribution in [0.5, 0.6) is 5.75 Å². The fourth-order valence-corrected chi connectivity index (χ4v) is 3.46. The largest absolute Gasteiger partial charge is 0.494 e. The van der Waals surface area contributed by atoms with Crippen LogP contribution in [-0.4, -0.2) is 21.9 Å². The second-order valence-corrected chi connectivity index (χ2v) is 7.66. The van der Waals surface area contributed by atoms with E-state index in [1.807, 2.05) is 59.3 Å². The first kappa shape index (κ1) is 20.7. The third-order valence-electron chi connectivity index (χ3n) is 5.25. The van der Waals surface area contributed by atoms with Crippen molar-refractivity contribution in [1.29, 1.82) is 0 Å². The van der Waals surface area contributed by atoms with Crippen molar-refractivity contribution in [3.8, 4) is 17.0 Å². The normalized spacial score (nSPS) is 10.9. The molecule has 31 heavy (non-hydrogen) atoms. The minimum Gasteiger partial charge on any atom is -0.494 e. The number of fused-ring (bicyclic) bond motifs is 1. The van der Waals surface area contributed by atoms with Crippen molar-refractivity contribution in [2.75, 3.05) is 11.9 Å². The monoisotopic (exact) mass is 413 g/mol. The van der Waals surface area contributed by atoms with Gasteiger partial charge in [0.05, 0.1) is 12.3 Å². The summed E-state index contributed by atoms with van der Waals surface area (Å²) in [7, 11) is 0. The molecule has 1 N–H and O–H groups in total. The lowest BCUT2D eigenvalue weighted by Crippen LogP contribution is -2.11. The molecule has 0 saturated heterocycles. The summed E-state index contributed by atoms with van der Waals surface area (Å²) in [6, 6.07) is 19.1. The second kappa shape index (κ2) is 9.47. The van der Waals surface area contributed by atoms with E-state index in [0.29, 0.717) is 12.2 Å². The standard InChI is InChI=1S/C26H27N3O2/c1-3-4-5-17-31-23-14-10-21(11-15-23)26(30)27-22-12-8-20(9-13-22)24-18-29-16-6-7-19(2)25(29)28-24/h6-16,18H,3-5,17H2,1-2H3,(H,27,30). The van der Waals surface area contributed by atoms with Gasteiger partial charge in [-0.15, -0.1) is 0 Å². The summed E-state index contributed by atoms with van der Waals surface area (Å²) in [6.07, 6.45) is 7.39. The number of carbonyl (C=O) groups is 1. The van der Waals surface area contributed by atoms with Crippen molar-refractivity contribution < 1.29 is 9.53 Å². The van der Waals surface area contributed by atoms with E-state index in [4.69, 9.17) is 9.72 Å². The van der Waals surface area contributed by atoms with Crippen molar-refractivity contribution in [1.82, 2.24) is 9.38 Å². The van der Waals surface area contributed by atoms with Gasteiger partial charge in [0.15, 0.2) is 0 Å². The van der Waals surface area contributed by atoms with Crippen LogP contribution in [-0.2, 0) is 0 Å². The molecule has 0 aliphatic heterocycles. The van der Waals surface area contributed by atoms with E-state index in [1.165, 1.54) is 6.42 Å². The quantitative estimate of drug-likeness (QED) is 0.354. The number of pyridine rings is 1. The van der Waals surface area contributed by atoms with Crippen LogP contribution in [0.1, 0.15) is 42.1 Å². The Bertz CT molecular complexity index is 1160. The first-order valence-corrected chi connectivity index (χ1v) is 10.7. The molecule has 2 aromatic heterocycles. The molecule has 2 aromatic carbocycles. The molecule has 0 spiro atoms. The molecule has 4 rings (SSSR count). The number of nitrogens with zero attached hydrogens (tertiary/aromatic N) is 2. The maximum absolute atomic E-state index is 12.6. The lowest BCUT2D eigenvalue weighted by molar-refractivity contribution is 0.102. The van der Waals surface area contributed by atoms with Crippen molar-refractivity contribution in [3.63, 3.8) is 0 Å². The number of anilines is 1. The summed E-state index contributed by atoms with van der Waals surface area (Å²) in [4.78, 5) is 17.3. The maximum Gasteiger partial charge on any atom is 0.255 e. The molecule has 0 radical (unpaired) electrons. The molecule has 2 heterocycles. The van der Waals surface area contributed by atoms with E-state index in [2.05, 4.69) is 25.2 Å². The smallest absolute Gasteiger partial charge is 0.255 e. The van der Waals surface area contributed by atoms with Gasteiger partial charge in [0.2, 0.25) is 0 Å². The number of ether oxygens (including phenoxy) is 1. The molecule has 1 amide bonds. The Morgan fingerprint density at radius 3 is 2.52 bits per heavy atom. The maximum atomic E-state index is 12.6. The first-order chi connectivity index (χ1) is 15.1. The zero-order chi connectivity index (χ0) is 21.6. The van der Waals surface area contributed by atoms with Crippen LogP contribution in [0.2, 0.25) is 0 Å². The molecule has 0 bridgehead atoms. The van der Waals surface area contributed by atoms with Crippen LogP contribution in [0.25, 0.3) is 16.9 Å². The van der Waals surface area contributed by atoms with Gasteiger partial charge in [0.1, 0.15) is 11.4 Å². The number of carbonyl (C=O) groups excluding carboxylic acids is 1. The highest BCUT2D eigenvalue weighted by Crippen LogP contribution is 2.23. The van der Waals surface area contributed by atoms with E-state index in [9.17, 15) is 4.79 Å². The number of aryl methyl sites for hydroxylation is 1. The summed E-state index contributed by atoms with van der Waals surface area (Å²) < 4.78 is 7.73. The van der Waals surface area contributed by atoms with Gasteiger partial charge in [-0.2, -0.15) is 0 Å². The SMILES string of the molecule is CCCCCOc1ccc(C(=O)Nc2ccc(-c3cn4cccc(C)c4n3)cc2)cc1. The number of hydrogen-bond donors (Lipinski definition) is 1. The lowest BCUT2D eigenvalue weighted by atomic mass is 10.1.